The quantitative estimate of drug-likeness (QED) is 0.887. The summed E-state index contributed by atoms with van der Waals surface area (Å²) in [5.74, 6) is 1.18. The molecule has 19 heavy (non-hydrogen) atoms. The van der Waals surface area contributed by atoms with E-state index in [1.807, 2.05) is 0 Å². The fourth-order valence-corrected chi connectivity index (χ4v) is 2.94. The molecule has 106 valence electrons. The zero-order valence-corrected chi connectivity index (χ0v) is 11.4. The van der Waals surface area contributed by atoms with E-state index in [1.165, 1.54) is 12.8 Å². The molecule has 1 aromatic heterocycles. The van der Waals surface area contributed by atoms with Crippen LogP contribution in [0.3, 0.4) is 0 Å². The Hall–Kier alpha value is -0.980. The number of aromatic nitrogens is 2. The van der Waals surface area contributed by atoms with Gasteiger partial charge >= 0.3 is 0 Å². The second kappa shape index (κ2) is 5.56. The molecule has 0 spiro atoms. The van der Waals surface area contributed by atoms with E-state index >= 15 is 0 Å². The van der Waals surface area contributed by atoms with E-state index in [4.69, 9.17) is 15.0 Å². The summed E-state index contributed by atoms with van der Waals surface area (Å²) in [5, 5.41) is 4.04. The van der Waals surface area contributed by atoms with Crippen LogP contribution in [-0.2, 0) is 4.74 Å². The molecule has 6 heteroatoms. The number of rotatable bonds is 4. The van der Waals surface area contributed by atoms with Gasteiger partial charge in [-0.3, -0.25) is 4.90 Å². The highest BCUT2D eigenvalue weighted by atomic mass is 16.5. The van der Waals surface area contributed by atoms with Gasteiger partial charge in [0.15, 0.2) is 0 Å². The Labute approximate surface area is 113 Å². The SMILES string of the molecule is CCCC(N)c1nc(C2CN3CCCC3CO2)no1. The van der Waals surface area contributed by atoms with Crippen molar-refractivity contribution in [3.63, 3.8) is 0 Å². The summed E-state index contributed by atoms with van der Waals surface area (Å²) in [6.07, 6.45) is 4.31. The van der Waals surface area contributed by atoms with Gasteiger partial charge < -0.3 is 15.0 Å². The van der Waals surface area contributed by atoms with Crippen LogP contribution in [0, 0.1) is 0 Å². The Morgan fingerprint density at radius 1 is 1.53 bits per heavy atom. The number of nitrogens with zero attached hydrogens (tertiary/aromatic N) is 3. The van der Waals surface area contributed by atoms with Crippen molar-refractivity contribution in [1.29, 1.82) is 0 Å². The predicted molar refractivity (Wildman–Crippen MR) is 69.4 cm³/mol. The summed E-state index contributed by atoms with van der Waals surface area (Å²) in [4.78, 5) is 6.88. The molecular weight excluding hydrogens is 244 g/mol. The molecule has 0 saturated carbocycles. The van der Waals surface area contributed by atoms with E-state index in [0.717, 1.165) is 32.5 Å². The highest BCUT2D eigenvalue weighted by Gasteiger charge is 2.35. The first-order valence-corrected chi connectivity index (χ1v) is 7.22. The second-order valence-corrected chi connectivity index (χ2v) is 5.50. The van der Waals surface area contributed by atoms with Crippen LogP contribution in [0.4, 0.5) is 0 Å². The number of morpholine rings is 1. The van der Waals surface area contributed by atoms with E-state index in [1.54, 1.807) is 0 Å². The Balaban J connectivity index is 1.66. The van der Waals surface area contributed by atoms with E-state index in [9.17, 15) is 0 Å². The minimum absolute atomic E-state index is 0.0688. The standard InChI is InChI=1S/C13H22N4O2/c1-2-4-10(14)13-15-12(16-19-13)11-7-17-6-3-5-9(17)8-18-11/h9-11H,2-8,14H2,1H3. The molecule has 3 atom stereocenters. The Morgan fingerprint density at radius 3 is 3.26 bits per heavy atom. The summed E-state index contributed by atoms with van der Waals surface area (Å²) in [5.41, 5.74) is 5.99. The monoisotopic (exact) mass is 266 g/mol. The van der Waals surface area contributed by atoms with Gasteiger partial charge in [-0.1, -0.05) is 18.5 Å². The molecule has 0 aliphatic carbocycles. The van der Waals surface area contributed by atoms with Gasteiger partial charge in [-0.15, -0.1) is 0 Å². The number of hydrogen-bond donors (Lipinski definition) is 1. The molecule has 0 aromatic carbocycles. The third-order valence-corrected chi connectivity index (χ3v) is 4.05. The number of fused-ring (bicyclic) bond motifs is 1. The first-order valence-electron chi connectivity index (χ1n) is 7.22. The maximum absolute atomic E-state index is 5.99. The molecule has 3 heterocycles. The molecule has 0 radical (unpaired) electrons. The van der Waals surface area contributed by atoms with Crippen LogP contribution < -0.4 is 5.73 Å². The lowest BCUT2D eigenvalue weighted by Gasteiger charge is -2.33. The molecule has 2 saturated heterocycles. The summed E-state index contributed by atoms with van der Waals surface area (Å²) >= 11 is 0. The van der Waals surface area contributed by atoms with Crippen molar-refractivity contribution < 1.29 is 9.26 Å². The molecule has 0 amide bonds. The highest BCUT2D eigenvalue weighted by Crippen LogP contribution is 2.29. The van der Waals surface area contributed by atoms with Crippen LogP contribution in [0.25, 0.3) is 0 Å². The lowest BCUT2D eigenvalue weighted by atomic mass is 10.1. The van der Waals surface area contributed by atoms with Gasteiger partial charge in [0.25, 0.3) is 0 Å². The summed E-state index contributed by atoms with van der Waals surface area (Å²) in [6, 6.07) is 0.430. The number of hydrogen-bond acceptors (Lipinski definition) is 6. The Bertz CT molecular complexity index is 423. The molecular formula is C13H22N4O2. The molecule has 1 aromatic rings. The normalized spacial score (nSPS) is 29.4. The van der Waals surface area contributed by atoms with E-state index in [-0.39, 0.29) is 12.1 Å². The van der Waals surface area contributed by atoms with Gasteiger partial charge in [-0.05, 0) is 25.8 Å². The first kappa shape index (κ1) is 13.0. The summed E-state index contributed by atoms with van der Waals surface area (Å²) < 4.78 is 11.1. The number of ether oxygens (including phenoxy) is 1. The Kier molecular flexibility index (Phi) is 3.81. The molecule has 3 unspecified atom stereocenters. The molecule has 0 bridgehead atoms. The van der Waals surface area contributed by atoms with Crippen molar-refractivity contribution in [1.82, 2.24) is 15.0 Å². The average Bonchev–Trinajstić information content (AvgIpc) is 3.07. The minimum Gasteiger partial charge on any atom is -0.367 e. The Morgan fingerprint density at radius 2 is 2.42 bits per heavy atom. The molecule has 6 nitrogen and oxygen atoms in total. The van der Waals surface area contributed by atoms with Crippen LogP contribution in [0.1, 0.15) is 56.5 Å². The van der Waals surface area contributed by atoms with Crippen molar-refractivity contribution in [3.8, 4) is 0 Å². The van der Waals surface area contributed by atoms with Crippen LogP contribution in [0.5, 0.6) is 0 Å². The second-order valence-electron chi connectivity index (χ2n) is 5.50. The molecule has 2 aliphatic rings. The predicted octanol–water partition coefficient (Wildman–Crippen LogP) is 1.41. The third-order valence-electron chi connectivity index (χ3n) is 4.05. The minimum atomic E-state index is -0.158. The van der Waals surface area contributed by atoms with Gasteiger partial charge in [0, 0.05) is 12.6 Å². The van der Waals surface area contributed by atoms with Gasteiger partial charge in [-0.2, -0.15) is 4.98 Å². The van der Waals surface area contributed by atoms with Crippen LogP contribution in [-0.4, -0.2) is 40.8 Å². The van der Waals surface area contributed by atoms with Gasteiger partial charge in [-0.25, -0.2) is 0 Å². The van der Waals surface area contributed by atoms with Crippen molar-refractivity contribution in [2.45, 2.75) is 50.8 Å². The van der Waals surface area contributed by atoms with Gasteiger partial charge in [0.05, 0.1) is 12.6 Å². The van der Waals surface area contributed by atoms with E-state index in [0.29, 0.717) is 17.8 Å². The summed E-state index contributed by atoms with van der Waals surface area (Å²) in [7, 11) is 0. The van der Waals surface area contributed by atoms with Crippen molar-refractivity contribution in [3.05, 3.63) is 11.7 Å². The molecule has 2 N–H and O–H groups in total. The fraction of sp³-hybridized carbons (Fsp3) is 0.846. The van der Waals surface area contributed by atoms with Crippen LogP contribution >= 0.6 is 0 Å². The van der Waals surface area contributed by atoms with Crippen molar-refractivity contribution in [2.75, 3.05) is 19.7 Å². The largest absolute Gasteiger partial charge is 0.367 e. The van der Waals surface area contributed by atoms with Gasteiger partial charge in [0.2, 0.25) is 11.7 Å². The van der Waals surface area contributed by atoms with Crippen molar-refractivity contribution >= 4 is 0 Å². The maximum Gasteiger partial charge on any atom is 0.243 e. The number of nitrogens with two attached hydrogens (primary N) is 1. The summed E-state index contributed by atoms with van der Waals surface area (Å²) in [6.45, 7) is 4.89. The zero-order valence-electron chi connectivity index (χ0n) is 11.4. The highest BCUT2D eigenvalue weighted by molar-refractivity contribution is 4.99. The average molecular weight is 266 g/mol. The van der Waals surface area contributed by atoms with E-state index in [2.05, 4.69) is 22.0 Å². The van der Waals surface area contributed by atoms with Crippen LogP contribution in [0.2, 0.25) is 0 Å². The van der Waals surface area contributed by atoms with Gasteiger partial charge in [0.1, 0.15) is 6.10 Å². The lowest BCUT2D eigenvalue weighted by Crippen LogP contribution is -2.42. The van der Waals surface area contributed by atoms with E-state index < -0.39 is 0 Å². The van der Waals surface area contributed by atoms with Crippen LogP contribution in [0.15, 0.2) is 4.52 Å². The third kappa shape index (κ3) is 2.66. The molecule has 3 rings (SSSR count). The molecule has 2 fully saturated rings. The topological polar surface area (TPSA) is 77.4 Å². The lowest BCUT2D eigenvalue weighted by molar-refractivity contribution is -0.0548. The maximum atomic E-state index is 5.99. The molecule has 2 aliphatic heterocycles. The smallest absolute Gasteiger partial charge is 0.243 e. The zero-order chi connectivity index (χ0) is 13.2. The first-order chi connectivity index (χ1) is 9.28. The fourth-order valence-electron chi connectivity index (χ4n) is 2.94. The van der Waals surface area contributed by atoms with Crippen molar-refractivity contribution in [2.24, 2.45) is 5.73 Å².